The Morgan fingerprint density at radius 2 is 1.68 bits per heavy atom. The number of ether oxygens (including phenoxy) is 1. The highest BCUT2D eigenvalue weighted by Gasteiger charge is 2.22. The highest BCUT2D eigenvalue weighted by Crippen LogP contribution is 2.22. The van der Waals surface area contributed by atoms with Gasteiger partial charge in [0.25, 0.3) is 0 Å². The summed E-state index contributed by atoms with van der Waals surface area (Å²) in [5.41, 5.74) is 2.41. The molecule has 6 nitrogen and oxygen atoms in total. The monoisotopic (exact) mass is 382 g/mol. The molecule has 0 spiro atoms. The van der Waals surface area contributed by atoms with Gasteiger partial charge in [0.1, 0.15) is 6.54 Å². The number of esters is 1. The normalized spacial score (nSPS) is 10.5. The van der Waals surface area contributed by atoms with E-state index in [0.717, 1.165) is 0 Å². The minimum atomic E-state index is -0.533. The van der Waals surface area contributed by atoms with Crippen LogP contribution in [0.1, 0.15) is 49.5 Å². The largest absolute Gasteiger partial charge is 0.462 e. The maximum Gasteiger partial charge on any atom is 0.340 e. The lowest BCUT2D eigenvalue weighted by Gasteiger charge is -2.23. The van der Waals surface area contributed by atoms with E-state index in [4.69, 9.17) is 4.74 Å². The van der Waals surface area contributed by atoms with Gasteiger partial charge in [-0.1, -0.05) is 38.1 Å². The van der Waals surface area contributed by atoms with E-state index >= 15 is 0 Å². The van der Waals surface area contributed by atoms with Crippen molar-refractivity contribution in [2.45, 2.75) is 33.6 Å². The molecule has 0 saturated carbocycles. The molecule has 0 atom stereocenters. The minimum absolute atomic E-state index is 0.211. The quantitative estimate of drug-likeness (QED) is 0.735. The first kappa shape index (κ1) is 21.2. The van der Waals surface area contributed by atoms with E-state index in [0.29, 0.717) is 17.3 Å². The number of para-hydroxylation sites is 1. The van der Waals surface area contributed by atoms with Gasteiger partial charge in [-0.05, 0) is 42.7 Å². The summed E-state index contributed by atoms with van der Waals surface area (Å²) in [7, 11) is 0. The van der Waals surface area contributed by atoms with Crippen LogP contribution in [-0.2, 0) is 14.3 Å². The van der Waals surface area contributed by atoms with E-state index in [1.165, 1.54) is 17.4 Å². The Morgan fingerprint density at radius 3 is 2.25 bits per heavy atom. The Bertz CT molecular complexity index is 844. The van der Waals surface area contributed by atoms with Crippen molar-refractivity contribution in [1.82, 2.24) is 0 Å². The average Bonchev–Trinajstić information content (AvgIpc) is 2.66. The van der Waals surface area contributed by atoms with Crippen LogP contribution in [0.15, 0.2) is 48.5 Å². The number of nitrogens with one attached hydrogen (secondary N) is 1. The Labute approximate surface area is 165 Å². The molecule has 0 bridgehead atoms. The summed E-state index contributed by atoms with van der Waals surface area (Å²) >= 11 is 0. The Morgan fingerprint density at radius 1 is 1.04 bits per heavy atom. The fraction of sp³-hybridized carbons (Fsp3) is 0.318. The number of carbonyl (C=O) groups excluding carboxylic acids is 3. The SMILES string of the molecule is CCOC(=O)c1ccccc1N(CC(=O)Nc1ccc(C(C)C)cc1)C(C)=O. The summed E-state index contributed by atoms with van der Waals surface area (Å²) in [5, 5.41) is 2.79. The first-order valence-electron chi connectivity index (χ1n) is 9.27. The van der Waals surface area contributed by atoms with Gasteiger partial charge in [-0.25, -0.2) is 4.79 Å². The minimum Gasteiger partial charge on any atom is -0.462 e. The van der Waals surface area contributed by atoms with Gasteiger partial charge in [-0.3, -0.25) is 9.59 Å². The molecule has 0 unspecified atom stereocenters. The Kier molecular flexibility index (Phi) is 7.32. The first-order chi connectivity index (χ1) is 13.3. The number of anilines is 2. The van der Waals surface area contributed by atoms with Crippen molar-refractivity contribution in [3.8, 4) is 0 Å². The second kappa shape index (κ2) is 9.69. The van der Waals surface area contributed by atoms with Crippen LogP contribution in [-0.4, -0.2) is 30.9 Å². The molecule has 0 saturated heterocycles. The van der Waals surface area contributed by atoms with Crippen LogP contribution in [0.2, 0.25) is 0 Å². The molecule has 2 amide bonds. The third-order valence-electron chi connectivity index (χ3n) is 4.23. The van der Waals surface area contributed by atoms with Crippen LogP contribution >= 0.6 is 0 Å². The number of hydrogen-bond donors (Lipinski definition) is 1. The van der Waals surface area contributed by atoms with Crippen LogP contribution in [0.5, 0.6) is 0 Å². The summed E-state index contributed by atoms with van der Waals surface area (Å²) < 4.78 is 5.05. The van der Waals surface area contributed by atoms with Crippen LogP contribution in [0.3, 0.4) is 0 Å². The number of carbonyl (C=O) groups is 3. The highest BCUT2D eigenvalue weighted by atomic mass is 16.5. The zero-order chi connectivity index (χ0) is 20.7. The van der Waals surface area contributed by atoms with Crippen LogP contribution in [0.4, 0.5) is 11.4 Å². The smallest absolute Gasteiger partial charge is 0.340 e. The number of rotatable bonds is 7. The molecule has 0 aliphatic carbocycles. The van der Waals surface area contributed by atoms with Crippen molar-refractivity contribution >= 4 is 29.2 Å². The summed E-state index contributed by atoms with van der Waals surface area (Å²) in [6.07, 6.45) is 0. The van der Waals surface area contributed by atoms with Gasteiger partial charge in [0, 0.05) is 12.6 Å². The van der Waals surface area contributed by atoms with E-state index in [1.54, 1.807) is 31.2 Å². The van der Waals surface area contributed by atoms with Crippen molar-refractivity contribution in [3.63, 3.8) is 0 Å². The predicted octanol–water partition coefficient (Wildman–Crippen LogP) is 3.98. The van der Waals surface area contributed by atoms with Crippen LogP contribution in [0.25, 0.3) is 0 Å². The third-order valence-corrected chi connectivity index (χ3v) is 4.23. The fourth-order valence-electron chi connectivity index (χ4n) is 2.75. The van der Waals surface area contributed by atoms with Crippen molar-refractivity contribution in [1.29, 1.82) is 0 Å². The topological polar surface area (TPSA) is 75.7 Å². The van der Waals surface area contributed by atoms with Gasteiger partial charge < -0.3 is 15.0 Å². The molecule has 0 heterocycles. The van der Waals surface area contributed by atoms with Crippen molar-refractivity contribution in [2.75, 3.05) is 23.4 Å². The van der Waals surface area contributed by atoms with E-state index < -0.39 is 5.97 Å². The standard InChI is InChI=1S/C22H26N2O4/c1-5-28-22(27)19-8-6-7-9-20(19)24(16(4)25)14-21(26)23-18-12-10-17(11-13-18)15(2)3/h6-13,15H,5,14H2,1-4H3,(H,23,26). The molecule has 148 valence electrons. The summed E-state index contributed by atoms with van der Waals surface area (Å²) in [6.45, 7) is 7.27. The number of amides is 2. The van der Waals surface area contributed by atoms with Crippen molar-refractivity contribution < 1.29 is 19.1 Å². The molecule has 0 aliphatic rings. The molecule has 2 aromatic carbocycles. The lowest BCUT2D eigenvalue weighted by molar-refractivity contribution is -0.120. The summed E-state index contributed by atoms with van der Waals surface area (Å²) in [6, 6.07) is 14.2. The first-order valence-corrected chi connectivity index (χ1v) is 9.27. The van der Waals surface area contributed by atoms with Crippen LogP contribution in [0, 0.1) is 0 Å². The molecule has 2 aromatic rings. The molecular formula is C22H26N2O4. The molecule has 0 fully saturated rings. The molecular weight excluding hydrogens is 356 g/mol. The number of nitrogens with zero attached hydrogens (tertiary/aromatic N) is 1. The van der Waals surface area contributed by atoms with E-state index in [-0.39, 0.29) is 30.5 Å². The van der Waals surface area contributed by atoms with Gasteiger partial charge in [-0.15, -0.1) is 0 Å². The Balaban J connectivity index is 2.18. The zero-order valence-corrected chi connectivity index (χ0v) is 16.7. The third kappa shape index (κ3) is 5.42. The molecule has 0 aromatic heterocycles. The van der Waals surface area contributed by atoms with Crippen molar-refractivity contribution in [2.24, 2.45) is 0 Å². The van der Waals surface area contributed by atoms with Gasteiger partial charge in [0.05, 0.1) is 17.9 Å². The second-order valence-corrected chi connectivity index (χ2v) is 6.67. The molecule has 0 aliphatic heterocycles. The van der Waals surface area contributed by atoms with Gasteiger partial charge in [-0.2, -0.15) is 0 Å². The van der Waals surface area contributed by atoms with Gasteiger partial charge >= 0.3 is 5.97 Å². The van der Waals surface area contributed by atoms with Crippen LogP contribution < -0.4 is 10.2 Å². The average molecular weight is 382 g/mol. The van der Waals surface area contributed by atoms with Gasteiger partial charge in [0.2, 0.25) is 11.8 Å². The second-order valence-electron chi connectivity index (χ2n) is 6.67. The lowest BCUT2D eigenvalue weighted by atomic mass is 10.0. The highest BCUT2D eigenvalue weighted by molar-refractivity contribution is 6.06. The molecule has 6 heteroatoms. The number of hydrogen-bond acceptors (Lipinski definition) is 4. The molecule has 2 rings (SSSR count). The van der Waals surface area contributed by atoms with E-state index in [2.05, 4.69) is 19.2 Å². The van der Waals surface area contributed by atoms with E-state index in [1.807, 2.05) is 24.3 Å². The maximum absolute atomic E-state index is 12.5. The zero-order valence-electron chi connectivity index (χ0n) is 16.7. The van der Waals surface area contributed by atoms with Gasteiger partial charge in [0.15, 0.2) is 0 Å². The predicted molar refractivity (Wildman–Crippen MR) is 110 cm³/mol. The van der Waals surface area contributed by atoms with E-state index in [9.17, 15) is 14.4 Å². The Hall–Kier alpha value is -3.15. The maximum atomic E-state index is 12.5. The molecule has 1 N–H and O–H groups in total. The molecule has 0 radical (unpaired) electrons. The summed E-state index contributed by atoms with van der Waals surface area (Å²) in [4.78, 5) is 38.1. The summed E-state index contributed by atoms with van der Waals surface area (Å²) in [5.74, 6) is -0.834. The number of benzene rings is 2. The molecule has 28 heavy (non-hydrogen) atoms. The van der Waals surface area contributed by atoms with Crippen molar-refractivity contribution in [3.05, 3.63) is 59.7 Å². The fourth-order valence-corrected chi connectivity index (χ4v) is 2.75. The lowest BCUT2D eigenvalue weighted by Crippen LogP contribution is -2.37.